The Kier molecular flexibility index (Phi) is 8.95. The van der Waals surface area contributed by atoms with E-state index in [1.165, 1.54) is 0 Å². The lowest BCUT2D eigenvalue weighted by molar-refractivity contribution is -0.137. The fourth-order valence-corrected chi connectivity index (χ4v) is 5.97. The zero-order valence-electron chi connectivity index (χ0n) is 19.5. The quantitative estimate of drug-likeness (QED) is 0.247. The summed E-state index contributed by atoms with van der Waals surface area (Å²) in [5.41, 5.74) is -0.889. The first-order chi connectivity index (χ1) is 16.1. The van der Waals surface area contributed by atoms with Gasteiger partial charge in [-0.25, -0.2) is 0 Å². The van der Waals surface area contributed by atoms with Crippen molar-refractivity contribution in [1.29, 1.82) is 0 Å². The number of thiophene rings is 1. The maximum atomic E-state index is 12.9. The van der Waals surface area contributed by atoms with E-state index in [1.54, 1.807) is 37.3 Å². The van der Waals surface area contributed by atoms with Crippen LogP contribution in [0.15, 0.2) is 36.4 Å². The fourth-order valence-electron chi connectivity index (χ4n) is 4.42. The van der Waals surface area contributed by atoms with Crippen LogP contribution in [-0.2, 0) is 16.0 Å². The van der Waals surface area contributed by atoms with Crippen molar-refractivity contribution >= 4 is 44.8 Å². The van der Waals surface area contributed by atoms with Crippen molar-refractivity contribution in [2.75, 3.05) is 0 Å². The Morgan fingerprint density at radius 1 is 1.29 bits per heavy atom. The molecule has 3 rings (SSSR count). The van der Waals surface area contributed by atoms with Crippen molar-refractivity contribution in [2.45, 2.75) is 64.6 Å². The van der Waals surface area contributed by atoms with Gasteiger partial charge in [-0.2, -0.15) is 0 Å². The first kappa shape index (κ1) is 26.4. The van der Waals surface area contributed by atoms with E-state index in [0.717, 1.165) is 20.0 Å². The molecule has 182 valence electrons. The molecule has 0 amide bonds. The third-order valence-electron chi connectivity index (χ3n) is 6.50. The van der Waals surface area contributed by atoms with E-state index in [1.807, 2.05) is 24.3 Å². The number of hydrogen-bond acceptors (Lipinski definition) is 5. The van der Waals surface area contributed by atoms with Crippen LogP contribution in [0.2, 0.25) is 5.02 Å². The monoisotopic (exact) mass is 502 g/mol. The Morgan fingerprint density at radius 3 is 2.74 bits per heavy atom. The number of aliphatic hydroxyl groups excluding tert-OH is 2. The minimum atomic E-state index is -0.889. The number of unbranched alkanes of at least 4 members (excludes halogenated alkanes) is 1. The molecule has 34 heavy (non-hydrogen) atoms. The molecular weight excluding hydrogens is 472 g/mol. The van der Waals surface area contributed by atoms with Crippen LogP contribution in [0.3, 0.4) is 0 Å². The van der Waals surface area contributed by atoms with E-state index in [-0.39, 0.29) is 12.2 Å². The molecule has 5 nitrogen and oxygen atoms in total. The summed E-state index contributed by atoms with van der Waals surface area (Å²) in [6.07, 6.45) is 4.24. The predicted molar refractivity (Wildman–Crippen MR) is 136 cm³/mol. The van der Waals surface area contributed by atoms with Gasteiger partial charge in [-0.15, -0.1) is 23.2 Å². The van der Waals surface area contributed by atoms with Crippen molar-refractivity contribution in [3.8, 4) is 11.8 Å². The van der Waals surface area contributed by atoms with E-state index in [4.69, 9.17) is 16.7 Å². The van der Waals surface area contributed by atoms with Crippen LogP contribution in [0.5, 0.6) is 0 Å². The summed E-state index contributed by atoms with van der Waals surface area (Å²) in [6.45, 7) is 3.47. The third-order valence-corrected chi connectivity index (χ3v) is 8.28. The SMILES string of the molecule is CC1(C)C(=O)C(CC#CCCCC(=O)O)C(C=CC(O)CCc2sc3ccccc3c2Cl)C1O. The van der Waals surface area contributed by atoms with Gasteiger partial charge in [-0.05, 0) is 25.3 Å². The lowest BCUT2D eigenvalue weighted by Gasteiger charge is -2.22. The van der Waals surface area contributed by atoms with Crippen LogP contribution < -0.4 is 0 Å². The second kappa shape index (κ2) is 11.5. The number of aryl methyl sites for hydroxylation is 1. The number of hydrogen-bond donors (Lipinski definition) is 3. The van der Waals surface area contributed by atoms with Crippen molar-refractivity contribution in [3.63, 3.8) is 0 Å². The van der Waals surface area contributed by atoms with Gasteiger partial charge in [0.25, 0.3) is 0 Å². The van der Waals surface area contributed by atoms with Gasteiger partial charge < -0.3 is 15.3 Å². The molecule has 1 saturated carbocycles. The molecule has 1 fully saturated rings. The average Bonchev–Trinajstić information content (AvgIpc) is 3.20. The number of aliphatic hydroxyl groups is 2. The molecule has 2 aromatic rings. The Balaban J connectivity index is 1.62. The molecule has 0 spiro atoms. The maximum absolute atomic E-state index is 12.9. The molecule has 1 aliphatic rings. The Labute approximate surface area is 209 Å². The van der Waals surface area contributed by atoms with Gasteiger partial charge in [-0.1, -0.05) is 55.8 Å². The smallest absolute Gasteiger partial charge is 0.303 e. The first-order valence-electron chi connectivity index (χ1n) is 11.5. The number of benzene rings is 1. The van der Waals surface area contributed by atoms with E-state index >= 15 is 0 Å². The molecule has 1 aromatic heterocycles. The number of halogens is 1. The standard InChI is InChI=1S/C27H31ClO5S/c1-27(2)25(32)18(9-5-3-4-6-12-23(30)31)19(26(27)33)15-13-17(29)14-16-22-24(28)20-10-7-8-11-21(20)34-22/h7-8,10-11,13,15,17-19,26,29,33H,4,6,9,12,14,16H2,1-2H3,(H,30,31). The first-order valence-corrected chi connectivity index (χ1v) is 12.7. The molecule has 0 radical (unpaired) electrons. The highest BCUT2D eigenvalue weighted by Crippen LogP contribution is 2.44. The number of aliphatic carboxylic acids is 1. The van der Waals surface area contributed by atoms with Gasteiger partial charge in [0.2, 0.25) is 0 Å². The van der Waals surface area contributed by atoms with Crippen LogP contribution in [-0.4, -0.2) is 39.3 Å². The van der Waals surface area contributed by atoms with Gasteiger partial charge in [0.05, 0.1) is 22.6 Å². The molecule has 0 bridgehead atoms. The van der Waals surface area contributed by atoms with E-state index < -0.39 is 35.4 Å². The van der Waals surface area contributed by atoms with Gasteiger partial charge in [0, 0.05) is 46.1 Å². The molecule has 1 aliphatic carbocycles. The number of rotatable bonds is 9. The summed E-state index contributed by atoms with van der Waals surface area (Å²) in [5, 5.41) is 31.8. The number of ketones is 1. The zero-order valence-corrected chi connectivity index (χ0v) is 21.0. The average molecular weight is 503 g/mol. The number of carbonyl (C=O) groups excluding carboxylic acids is 1. The van der Waals surface area contributed by atoms with Gasteiger partial charge in [0.15, 0.2) is 0 Å². The third kappa shape index (κ3) is 6.09. The summed E-state index contributed by atoms with van der Waals surface area (Å²) in [7, 11) is 0. The van der Waals surface area contributed by atoms with Gasteiger partial charge >= 0.3 is 5.97 Å². The highest BCUT2D eigenvalue weighted by molar-refractivity contribution is 7.19. The van der Waals surface area contributed by atoms with Gasteiger partial charge in [-0.3, -0.25) is 9.59 Å². The summed E-state index contributed by atoms with van der Waals surface area (Å²) < 4.78 is 1.12. The minimum Gasteiger partial charge on any atom is -0.481 e. The largest absolute Gasteiger partial charge is 0.481 e. The van der Waals surface area contributed by atoms with Crippen molar-refractivity contribution in [3.05, 3.63) is 46.3 Å². The Hall–Kier alpha value is -2.17. The van der Waals surface area contributed by atoms with Crippen molar-refractivity contribution in [2.24, 2.45) is 17.3 Å². The van der Waals surface area contributed by atoms with Crippen molar-refractivity contribution in [1.82, 2.24) is 0 Å². The second-order valence-corrected chi connectivity index (χ2v) is 10.9. The summed E-state index contributed by atoms with van der Waals surface area (Å²) in [4.78, 5) is 24.5. The zero-order chi connectivity index (χ0) is 24.9. The molecule has 0 aliphatic heterocycles. The van der Waals surface area contributed by atoms with Crippen LogP contribution in [0, 0.1) is 29.1 Å². The number of fused-ring (bicyclic) bond motifs is 1. The normalized spacial score (nSPS) is 22.7. The molecule has 4 unspecified atom stereocenters. The molecule has 0 saturated heterocycles. The van der Waals surface area contributed by atoms with E-state index in [2.05, 4.69) is 11.8 Å². The highest BCUT2D eigenvalue weighted by atomic mass is 35.5. The topological polar surface area (TPSA) is 94.8 Å². The molecule has 1 heterocycles. The minimum absolute atomic E-state index is 0.0407. The number of carboxylic acid groups (broad SMARTS) is 1. The lowest BCUT2D eigenvalue weighted by Crippen LogP contribution is -2.31. The molecule has 7 heteroatoms. The summed E-state index contributed by atoms with van der Waals surface area (Å²) >= 11 is 8.13. The number of carboxylic acids is 1. The molecule has 3 N–H and O–H groups in total. The molecular formula is C27H31ClO5S. The summed E-state index contributed by atoms with van der Waals surface area (Å²) in [6, 6.07) is 7.95. The molecule has 1 aromatic carbocycles. The van der Waals surface area contributed by atoms with Crippen LogP contribution in [0.25, 0.3) is 10.1 Å². The van der Waals surface area contributed by atoms with Crippen molar-refractivity contribution < 1.29 is 24.9 Å². The Bertz CT molecular complexity index is 1120. The fraction of sp³-hybridized carbons (Fsp3) is 0.481. The lowest BCUT2D eigenvalue weighted by atomic mass is 9.86. The van der Waals surface area contributed by atoms with Crippen LogP contribution in [0.4, 0.5) is 0 Å². The number of Topliss-reactive ketones (excluding diaryl/α,β-unsaturated/α-hetero) is 1. The van der Waals surface area contributed by atoms with Crippen LogP contribution in [0.1, 0.15) is 50.8 Å². The predicted octanol–water partition coefficient (Wildman–Crippen LogP) is 5.26. The van der Waals surface area contributed by atoms with Crippen LogP contribution >= 0.6 is 22.9 Å². The van der Waals surface area contributed by atoms with Gasteiger partial charge in [0.1, 0.15) is 5.78 Å². The molecule has 4 atom stereocenters. The number of carbonyl (C=O) groups is 2. The highest BCUT2D eigenvalue weighted by Gasteiger charge is 2.53. The maximum Gasteiger partial charge on any atom is 0.303 e. The summed E-state index contributed by atoms with van der Waals surface area (Å²) in [5.74, 6) is 4.14. The van der Waals surface area contributed by atoms with E-state index in [0.29, 0.717) is 32.1 Å². The Morgan fingerprint density at radius 2 is 2.03 bits per heavy atom. The second-order valence-electron chi connectivity index (χ2n) is 9.35. The van der Waals surface area contributed by atoms with E-state index in [9.17, 15) is 19.8 Å².